The van der Waals surface area contributed by atoms with E-state index in [-0.39, 0.29) is 5.82 Å². The largest absolute Gasteiger partial charge is 0.458 e. The lowest BCUT2D eigenvalue weighted by Crippen LogP contribution is -2.45. The van der Waals surface area contributed by atoms with E-state index in [4.69, 9.17) is 9.52 Å². The van der Waals surface area contributed by atoms with Gasteiger partial charge in [-0.25, -0.2) is 9.07 Å². The molecule has 0 atom stereocenters. The molecule has 0 saturated carbocycles. The predicted molar refractivity (Wildman–Crippen MR) is 129 cm³/mol. The van der Waals surface area contributed by atoms with Crippen LogP contribution in [-0.2, 0) is 6.54 Å². The zero-order valence-electron chi connectivity index (χ0n) is 19.2. The van der Waals surface area contributed by atoms with Gasteiger partial charge in [0, 0.05) is 26.2 Å². The first-order valence-corrected chi connectivity index (χ1v) is 11.6. The van der Waals surface area contributed by atoms with Gasteiger partial charge in [0.15, 0.2) is 5.76 Å². The summed E-state index contributed by atoms with van der Waals surface area (Å²) in [4.78, 5) is 4.93. The molecule has 0 amide bonds. The van der Waals surface area contributed by atoms with E-state index >= 15 is 0 Å². The van der Waals surface area contributed by atoms with Crippen molar-refractivity contribution >= 4 is 0 Å². The van der Waals surface area contributed by atoms with Crippen LogP contribution in [0.2, 0.25) is 0 Å². The minimum Gasteiger partial charge on any atom is -0.458 e. The summed E-state index contributed by atoms with van der Waals surface area (Å²) in [5.74, 6) is 1.57. The number of likely N-dealkylation sites (N-methyl/N-ethyl adjacent to an activating group) is 1. The molecule has 4 aromatic rings. The summed E-state index contributed by atoms with van der Waals surface area (Å²) < 4.78 is 21.4. The monoisotopic (exact) mass is 444 g/mol. The maximum atomic E-state index is 13.2. The van der Waals surface area contributed by atoms with Crippen molar-refractivity contribution in [2.75, 3.05) is 32.7 Å². The third-order valence-corrected chi connectivity index (χ3v) is 6.33. The topological polar surface area (TPSA) is 37.4 Å². The number of piperazine rings is 1. The van der Waals surface area contributed by atoms with Gasteiger partial charge in [-0.05, 0) is 67.1 Å². The second kappa shape index (κ2) is 9.33. The van der Waals surface area contributed by atoms with Gasteiger partial charge in [0.05, 0.1) is 17.9 Å². The summed E-state index contributed by atoms with van der Waals surface area (Å²) in [7, 11) is 0. The van der Waals surface area contributed by atoms with Crippen molar-refractivity contribution in [3.8, 4) is 28.3 Å². The molecule has 1 saturated heterocycles. The molecule has 0 radical (unpaired) electrons. The van der Waals surface area contributed by atoms with Crippen LogP contribution in [0.3, 0.4) is 0 Å². The molecular formula is C27H29FN4O. The Labute approximate surface area is 194 Å². The number of rotatable bonds is 6. The molecular weight excluding hydrogens is 415 g/mol. The first kappa shape index (κ1) is 21.6. The molecule has 3 heterocycles. The minimum absolute atomic E-state index is 0.229. The second-order valence-corrected chi connectivity index (χ2v) is 8.61. The third kappa shape index (κ3) is 4.77. The lowest BCUT2D eigenvalue weighted by atomic mass is 10.1. The van der Waals surface area contributed by atoms with Gasteiger partial charge >= 0.3 is 0 Å². The van der Waals surface area contributed by atoms with E-state index in [2.05, 4.69) is 28.9 Å². The molecule has 2 aromatic carbocycles. The maximum absolute atomic E-state index is 13.2. The number of hydrogen-bond acceptors (Lipinski definition) is 4. The van der Waals surface area contributed by atoms with E-state index in [9.17, 15) is 4.39 Å². The Morgan fingerprint density at radius 2 is 1.48 bits per heavy atom. The Balaban J connectivity index is 1.35. The number of hydrogen-bond donors (Lipinski definition) is 0. The smallest absolute Gasteiger partial charge is 0.152 e. The van der Waals surface area contributed by atoms with Crippen molar-refractivity contribution in [2.24, 2.45) is 0 Å². The average Bonchev–Trinajstić information content (AvgIpc) is 3.46. The number of nitrogens with zero attached hydrogens (tertiary/aromatic N) is 4. The zero-order chi connectivity index (χ0) is 22.8. The molecule has 170 valence electrons. The van der Waals surface area contributed by atoms with Crippen molar-refractivity contribution < 1.29 is 8.81 Å². The summed E-state index contributed by atoms with van der Waals surface area (Å²) in [6.45, 7) is 10.5. The van der Waals surface area contributed by atoms with Crippen LogP contribution in [0.5, 0.6) is 0 Å². The molecule has 0 unspecified atom stereocenters. The zero-order valence-corrected chi connectivity index (χ0v) is 19.2. The van der Waals surface area contributed by atoms with E-state index in [1.807, 2.05) is 41.9 Å². The van der Waals surface area contributed by atoms with Crippen LogP contribution in [-0.4, -0.2) is 52.3 Å². The molecule has 0 spiro atoms. The van der Waals surface area contributed by atoms with Gasteiger partial charge in [-0.15, -0.1) is 0 Å². The van der Waals surface area contributed by atoms with Gasteiger partial charge in [0.25, 0.3) is 0 Å². The van der Waals surface area contributed by atoms with Crippen LogP contribution >= 0.6 is 0 Å². The standard InChI is InChI=1S/C27H29FN4O/c1-3-30-14-16-31(17-15-30)19-25-12-13-27(33-25)26-18-20(2)29-32(26)24-10-6-22(7-11-24)21-4-8-23(28)9-5-21/h4-13,18H,3,14-17,19H2,1-2H3. The predicted octanol–water partition coefficient (Wildman–Crippen LogP) is 5.38. The lowest BCUT2D eigenvalue weighted by Gasteiger charge is -2.33. The Kier molecular flexibility index (Phi) is 6.11. The van der Waals surface area contributed by atoms with Gasteiger partial charge in [-0.3, -0.25) is 4.90 Å². The summed E-state index contributed by atoms with van der Waals surface area (Å²) in [6.07, 6.45) is 0. The van der Waals surface area contributed by atoms with Crippen molar-refractivity contribution in [3.63, 3.8) is 0 Å². The molecule has 1 fully saturated rings. The van der Waals surface area contributed by atoms with Crippen molar-refractivity contribution in [2.45, 2.75) is 20.4 Å². The van der Waals surface area contributed by atoms with Crippen molar-refractivity contribution in [3.05, 3.63) is 84.0 Å². The maximum Gasteiger partial charge on any atom is 0.152 e. The van der Waals surface area contributed by atoms with Crippen molar-refractivity contribution in [1.82, 2.24) is 19.6 Å². The Bertz CT molecular complexity index is 1200. The summed E-state index contributed by atoms with van der Waals surface area (Å²) in [5, 5.41) is 4.71. The minimum atomic E-state index is -0.229. The average molecular weight is 445 g/mol. The molecule has 1 aliphatic heterocycles. The molecule has 0 aliphatic carbocycles. The van der Waals surface area contributed by atoms with Crippen molar-refractivity contribution in [1.29, 1.82) is 0 Å². The molecule has 0 bridgehead atoms. The number of furan rings is 1. The summed E-state index contributed by atoms with van der Waals surface area (Å²) >= 11 is 0. The molecule has 6 heteroatoms. The fourth-order valence-corrected chi connectivity index (χ4v) is 4.39. The quantitative estimate of drug-likeness (QED) is 0.400. The van der Waals surface area contributed by atoms with E-state index in [1.54, 1.807) is 12.1 Å². The Morgan fingerprint density at radius 1 is 0.848 bits per heavy atom. The number of halogens is 1. The van der Waals surface area contributed by atoms with Crippen LogP contribution in [0.4, 0.5) is 4.39 Å². The van der Waals surface area contributed by atoms with E-state index in [0.29, 0.717) is 0 Å². The number of aromatic nitrogens is 2. The van der Waals surface area contributed by atoms with Crippen LogP contribution in [0.15, 0.2) is 71.1 Å². The molecule has 33 heavy (non-hydrogen) atoms. The van der Waals surface area contributed by atoms with Crippen LogP contribution < -0.4 is 0 Å². The molecule has 0 N–H and O–H groups in total. The SMILES string of the molecule is CCN1CCN(Cc2ccc(-c3cc(C)nn3-c3ccc(-c4ccc(F)cc4)cc3)o2)CC1. The fourth-order valence-electron chi connectivity index (χ4n) is 4.39. The van der Waals surface area contributed by atoms with Gasteiger partial charge in [-0.2, -0.15) is 5.10 Å². The van der Waals surface area contributed by atoms with Crippen LogP contribution in [0.25, 0.3) is 28.3 Å². The van der Waals surface area contributed by atoms with E-state index in [0.717, 1.165) is 79.0 Å². The normalized spacial score (nSPS) is 15.2. The first-order chi connectivity index (χ1) is 16.1. The van der Waals surface area contributed by atoms with Gasteiger partial charge < -0.3 is 9.32 Å². The summed E-state index contributed by atoms with van der Waals surface area (Å²) in [6, 6.07) is 20.9. The second-order valence-electron chi connectivity index (χ2n) is 8.61. The number of aryl methyl sites for hydroxylation is 1. The number of benzene rings is 2. The third-order valence-electron chi connectivity index (χ3n) is 6.33. The molecule has 5 rings (SSSR count). The van der Waals surface area contributed by atoms with Gasteiger partial charge in [0.2, 0.25) is 0 Å². The lowest BCUT2D eigenvalue weighted by molar-refractivity contribution is 0.125. The first-order valence-electron chi connectivity index (χ1n) is 11.6. The Hall–Kier alpha value is -3.22. The van der Waals surface area contributed by atoms with Crippen LogP contribution in [0, 0.1) is 12.7 Å². The molecule has 5 nitrogen and oxygen atoms in total. The highest BCUT2D eigenvalue weighted by Gasteiger charge is 2.18. The Morgan fingerprint density at radius 3 is 2.15 bits per heavy atom. The van der Waals surface area contributed by atoms with Gasteiger partial charge in [0.1, 0.15) is 17.3 Å². The highest BCUT2D eigenvalue weighted by molar-refractivity contribution is 5.65. The molecule has 1 aliphatic rings. The summed E-state index contributed by atoms with van der Waals surface area (Å²) in [5.41, 5.74) is 4.84. The molecule has 2 aromatic heterocycles. The highest BCUT2D eigenvalue weighted by atomic mass is 19.1. The highest BCUT2D eigenvalue weighted by Crippen LogP contribution is 2.28. The van der Waals surface area contributed by atoms with E-state index in [1.165, 1.54) is 12.1 Å². The fraction of sp³-hybridized carbons (Fsp3) is 0.296. The van der Waals surface area contributed by atoms with Crippen LogP contribution in [0.1, 0.15) is 18.4 Å². The van der Waals surface area contributed by atoms with E-state index < -0.39 is 0 Å². The van der Waals surface area contributed by atoms with Gasteiger partial charge in [-0.1, -0.05) is 31.2 Å².